The monoisotopic (exact) mass is 352 g/mol. The molecule has 1 saturated heterocycles. The van der Waals surface area contributed by atoms with Crippen LogP contribution in [0.4, 0.5) is 0 Å². The fraction of sp³-hybridized carbons (Fsp3) is 0.400. The zero-order chi connectivity index (χ0) is 18.5. The fourth-order valence-electron chi connectivity index (χ4n) is 3.21. The minimum Gasteiger partial charge on any atom is -0.341 e. The third-order valence-corrected chi connectivity index (χ3v) is 4.76. The molecule has 6 nitrogen and oxygen atoms in total. The molecule has 0 aliphatic carbocycles. The lowest BCUT2D eigenvalue weighted by Crippen LogP contribution is -2.38. The Bertz CT molecular complexity index is 792. The maximum absolute atomic E-state index is 12.7. The molecule has 0 N–H and O–H groups in total. The molecule has 1 aromatic heterocycles. The number of hydrogen-bond acceptors (Lipinski definition) is 4. The zero-order valence-corrected chi connectivity index (χ0v) is 15.3. The molecule has 0 bridgehead atoms. The van der Waals surface area contributed by atoms with Crippen LogP contribution in [0.2, 0.25) is 0 Å². The van der Waals surface area contributed by atoms with E-state index >= 15 is 0 Å². The minimum atomic E-state index is -0.123. The largest absolute Gasteiger partial charge is 0.341 e. The normalized spacial score (nSPS) is 14.8. The van der Waals surface area contributed by atoms with E-state index in [2.05, 4.69) is 28.2 Å². The van der Waals surface area contributed by atoms with Crippen LogP contribution in [-0.4, -0.2) is 57.8 Å². The molecular formula is C20H24N4O2. The maximum atomic E-state index is 12.7. The molecule has 1 aliphatic heterocycles. The van der Waals surface area contributed by atoms with Crippen molar-refractivity contribution in [2.24, 2.45) is 0 Å². The molecule has 2 aromatic rings. The summed E-state index contributed by atoms with van der Waals surface area (Å²) >= 11 is 0. The van der Waals surface area contributed by atoms with E-state index in [4.69, 9.17) is 0 Å². The quantitative estimate of drug-likeness (QED) is 0.847. The van der Waals surface area contributed by atoms with Crippen molar-refractivity contribution >= 4 is 11.8 Å². The van der Waals surface area contributed by atoms with E-state index in [0.29, 0.717) is 38.3 Å². The Morgan fingerprint density at radius 1 is 1.04 bits per heavy atom. The second kappa shape index (κ2) is 8.08. The van der Waals surface area contributed by atoms with Gasteiger partial charge in [0.05, 0.1) is 12.6 Å². The number of aromatic nitrogens is 2. The minimum absolute atomic E-state index is 0.118. The number of hydrogen-bond donors (Lipinski definition) is 0. The maximum Gasteiger partial charge on any atom is 0.274 e. The number of rotatable bonds is 3. The number of aryl methyl sites for hydroxylation is 2. The lowest BCUT2D eigenvalue weighted by atomic mass is 10.0. The first-order valence-corrected chi connectivity index (χ1v) is 8.94. The second-order valence-electron chi connectivity index (χ2n) is 6.72. The van der Waals surface area contributed by atoms with Crippen LogP contribution in [0.1, 0.15) is 33.6 Å². The van der Waals surface area contributed by atoms with Crippen LogP contribution in [0.25, 0.3) is 0 Å². The Hall–Kier alpha value is -2.76. The average molecular weight is 352 g/mol. The number of amides is 2. The second-order valence-corrected chi connectivity index (χ2v) is 6.72. The molecule has 1 fully saturated rings. The Balaban J connectivity index is 1.62. The summed E-state index contributed by atoms with van der Waals surface area (Å²) in [5, 5.41) is 0. The van der Waals surface area contributed by atoms with Gasteiger partial charge in [-0.1, -0.05) is 23.8 Å². The van der Waals surface area contributed by atoms with Crippen molar-refractivity contribution in [3.8, 4) is 0 Å². The molecule has 0 radical (unpaired) electrons. The predicted molar refractivity (Wildman–Crippen MR) is 98.8 cm³/mol. The van der Waals surface area contributed by atoms with Gasteiger partial charge in [0, 0.05) is 38.6 Å². The van der Waals surface area contributed by atoms with E-state index in [0.717, 1.165) is 23.1 Å². The standard InChI is InChI=1S/C20H24N4O2/c1-15-4-5-16(2)17(12-15)13-19(25)23-8-3-9-24(11-10-23)20(26)18-14-21-6-7-22-18/h4-7,12,14H,3,8-11,13H2,1-2H3. The highest BCUT2D eigenvalue weighted by Gasteiger charge is 2.23. The first kappa shape index (κ1) is 18.0. The van der Waals surface area contributed by atoms with Crippen molar-refractivity contribution in [2.75, 3.05) is 26.2 Å². The third kappa shape index (κ3) is 4.25. The van der Waals surface area contributed by atoms with Crippen LogP contribution in [0, 0.1) is 13.8 Å². The summed E-state index contributed by atoms with van der Waals surface area (Å²) in [7, 11) is 0. The predicted octanol–water partition coefficient (Wildman–Crippen LogP) is 2.01. The van der Waals surface area contributed by atoms with Gasteiger partial charge in [-0.05, 0) is 31.4 Å². The highest BCUT2D eigenvalue weighted by atomic mass is 16.2. The average Bonchev–Trinajstić information content (AvgIpc) is 2.91. The summed E-state index contributed by atoms with van der Waals surface area (Å²) in [6.45, 7) is 6.45. The smallest absolute Gasteiger partial charge is 0.274 e. The summed E-state index contributed by atoms with van der Waals surface area (Å²) in [5.41, 5.74) is 3.72. The highest BCUT2D eigenvalue weighted by Crippen LogP contribution is 2.14. The topological polar surface area (TPSA) is 66.4 Å². The van der Waals surface area contributed by atoms with E-state index in [1.165, 1.54) is 12.4 Å². The van der Waals surface area contributed by atoms with Gasteiger partial charge in [-0.25, -0.2) is 4.98 Å². The summed E-state index contributed by atoms with van der Waals surface area (Å²) in [5.74, 6) is -0.00516. The molecule has 136 valence electrons. The van der Waals surface area contributed by atoms with Crippen LogP contribution in [-0.2, 0) is 11.2 Å². The number of nitrogens with zero attached hydrogens (tertiary/aromatic N) is 4. The molecule has 0 unspecified atom stereocenters. The molecule has 2 amide bonds. The molecule has 1 aliphatic rings. The molecule has 0 spiro atoms. The number of carbonyl (C=O) groups excluding carboxylic acids is 2. The van der Waals surface area contributed by atoms with E-state index < -0.39 is 0 Å². The van der Waals surface area contributed by atoms with Crippen molar-refractivity contribution in [1.29, 1.82) is 0 Å². The third-order valence-electron chi connectivity index (χ3n) is 4.76. The summed E-state index contributed by atoms with van der Waals surface area (Å²) in [4.78, 5) is 36.9. The highest BCUT2D eigenvalue weighted by molar-refractivity contribution is 5.92. The van der Waals surface area contributed by atoms with Gasteiger partial charge in [-0.3, -0.25) is 14.6 Å². The van der Waals surface area contributed by atoms with Crippen LogP contribution < -0.4 is 0 Å². The van der Waals surface area contributed by atoms with E-state index in [9.17, 15) is 9.59 Å². The van der Waals surface area contributed by atoms with Crippen LogP contribution in [0.15, 0.2) is 36.8 Å². The van der Waals surface area contributed by atoms with E-state index in [-0.39, 0.29) is 11.8 Å². The molecular weight excluding hydrogens is 328 g/mol. The summed E-state index contributed by atoms with van der Waals surface area (Å²) < 4.78 is 0. The summed E-state index contributed by atoms with van der Waals surface area (Å²) in [6.07, 6.45) is 5.73. The van der Waals surface area contributed by atoms with Crippen molar-refractivity contribution in [2.45, 2.75) is 26.7 Å². The van der Waals surface area contributed by atoms with Gasteiger partial charge in [-0.2, -0.15) is 0 Å². The van der Waals surface area contributed by atoms with Gasteiger partial charge in [0.25, 0.3) is 5.91 Å². The van der Waals surface area contributed by atoms with Crippen molar-refractivity contribution in [3.63, 3.8) is 0 Å². The summed E-state index contributed by atoms with van der Waals surface area (Å²) in [6, 6.07) is 6.20. The number of carbonyl (C=O) groups is 2. The Morgan fingerprint density at radius 2 is 1.81 bits per heavy atom. The molecule has 3 rings (SSSR count). The molecule has 2 heterocycles. The van der Waals surface area contributed by atoms with Gasteiger partial charge in [0.1, 0.15) is 5.69 Å². The number of benzene rings is 1. The first-order valence-electron chi connectivity index (χ1n) is 8.94. The van der Waals surface area contributed by atoms with Crippen molar-refractivity contribution in [3.05, 3.63) is 59.2 Å². The van der Waals surface area contributed by atoms with Gasteiger partial charge < -0.3 is 9.80 Å². The van der Waals surface area contributed by atoms with Gasteiger partial charge in [-0.15, -0.1) is 0 Å². The Kier molecular flexibility index (Phi) is 5.61. The van der Waals surface area contributed by atoms with E-state index in [1.54, 1.807) is 11.1 Å². The van der Waals surface area contributed by atoms with E-state index in [1.807, 2.05) is 18.7 Å². The molecule has 0 atom stereocenters. The van der Waals surface area contributed by atoms with Gasteiger partial charge in [0.2, 0.25) is 5.91 Å². The molecule has 0 saturated carbocycles. The van der Waals surface area contributed by atoms with Crippen LogP contribution in [0.3, 0.4) is 0 Å². The Morgan fingerprint density at radius 3 is 2.58 bits per heavy atom. The first-order chi connectivity index (χ1) is 12.5. The SMILES string of the molecule is Cc1ccc(C)c(CC(=O)N2CCCN(C(=O)c3cnccn3)CC2)c1. The molecule has 1 aromatic carbocycles. The molecule has 26 heavy (non-hydrogen) atoms. The van der Waals surface area contributed by atoms with Crippen molar-refractivity contribution < 1.29 is 9.59 Å². The zero-order valence-electron chi connectivity index (χ0n) is 15.3. The van der Waals surface area contributed by atoms with Gasteiger partial charge >= 0.3 is 0 Å². The molecule has 6 heteroatoms. The van der Waals surface area contributed by atoms with Crippen LogP contribution >= 0.6 is 0 Å². The van der Waals surface area contributed by atoms with Crippen LogP contribution in [0.5, 0.6) is 0 Å². The van der Waals surface area contributed by atoms with Gasteiger partial charge in [0.15, 0.2) is 0 Å². The lowest BCUT2D eigenvalue weighted by Gasteiger charge is -2.22. The Labute approximate surface area is 153 Å². The lowest BCUT2D eigenvalue weighted by molar-refractivity contribution is -0.130. The fourth-order valence-corrected chi connectivity index (χ4v) is 3.21. The van der Waals surface area contributed by atoms with Crippen molar-refractivity contribution in [1.82, 2.24) is 19.8 Å².